The van der Waals surface area contributed by atoms with Crippen molar-refractivity contribution in [2.45, 2.75) is 37.1 Å². The lowest BCUT2D eigenvalue weighted by molar-refractivity contribution is -0.119. The number of carbonyl (C=O) groups is 2. The fraction of sp³-hybridized carbons (Fsp3) is 0.231. The lowest BCUT2D eigenvalue weighted by atomic mass is 10.1. The highest BCUT2D eigenvalue weighted by atomic mass is 79.9. The first-order valence-electron chi connectivity index (χ1n) is 11.6. The third-order valence-electron chi connectivity index (χ3n) is 5.42. The Balaban J connectivity index is 1.54. The summed E-state index contributed by atoms with van der Waals surface area (Å²) in [5.74, 6) is -0.251. The molecular formula is C26H25BrN4O4S2. The molecule has 0 aliphatic heterocycles. The van der Waals surface area contributed by atoms with E-state index in [-0.39, 0.29) is 17.7 Å². The third kappa shape index (κ3) is 6.60. The van der Waals surface area contributed by atoms with Crippen LogP contribution in [0.25, 0.3) is 10.2 Å². The predicted octanol–water partition coefficient (Wildman–Crippen LogP) is 5.44. The van der Waals surface area contributed by atoms with E-state index in [1.54, 1.807) is 29.6 Å². The van der Waals surface area contributed by atoms with Gasteiger partial charge in [-0.15, -0.1) is 11.3 Å². The van der Waals surface area contributed by atoms with Crippen molar-refractivity contribution in [3.63, 3.8) is 0 Å². The second kappa shape index (κ2) is 12.4. The minimum atomic E-state index is -0.548. The summed E-state index contributed by atoms with van der Waals surface area (Å²) in [5.41, 5.74) is 4.56. The molecule has 0 bridgehead atoms. The number of rotatable bonds is 10. The first-order chi connectivity index (χ1) is 17.9. The number of nitrogens with zero attached hydrogens (tertiary/aromatic N) is 2. The molecule has 8 nitrogen and oxygen atoms in total. The Kier molecular flexibility index (Phi) is 9.01. The van der Waals surface area contributed by atoms with Crippen molar-refractivity contribution in [2.24, 2.45) is 0 Å². The summed E-state index contributed by atoms with van der Waals surface area (Å²) in [6.07, 6.45) is 1.40. The van der Waals surface area contributed by atoms with Crippen LogP contribution in [0.1, 0.15) is 25.8 Å². The van der Waals surface area contributed by atoms with Crippen molar-refractivity contribution >= 4 is 66.7 Å². The number of ether oxygens (including phenoxy) is 1. The quantitative estimate of drug-likeness (QED) is 0.185. The van der Waals surface area contributed by atoms with Crippen LogP contribution in [-0.2, 0) is 16.0 Å². The highest BCUT2D eigenvalue weighted by Crippen LogP contribution is 2.27. The molecule has 2 aromatic heterocycles. The maximum absolute atomic E-state index is 13.2. The standard InChI is InChI=1S/C26H25BrN4O4S2/c1-3-16-9-11-17(12-10-16)28-24(33)21(4-2)37-26-29-19-13-14-36-23(19)25(34)31(26)30-22(32)15-35-20-8-6-5-7-18(20)27/h5-14,21H,3-4,15H2,1-2H3,(H,28,33)(H,30,32)/t21-/m1/s1. The van der Waals surface area contributed by atoms with E-state index in [9.17, 15) is 14.4 Å². The molecule has 192 valence electrons. The summed E-state index contributed by atoms with van der Waals surface area (Å²) < 4.78 is 7.80. The van der Waals surface area contributed by atoms with Crippen molar-refractivity contribution in [2.75, 3.05) is 17.3 Å². The van der Waals surface area contributed by atoms with Crippen LogP contribution in [0.5, 0.6) is 5.75 Å². The van der Waals surface area contributed by atoms with Crippen LogP contribution < -0.4 is 21.0 Å². The molecular weight excluding hydrogens is 576 g/mol. The Bertz CT molecular complexity index is 1470. The second-order valence-corrected chi connectivity index (χ2v) is 10.9. The van der Waals surface area contributed by atoms with Crippen LogP contribution >= 0.6 is 39.0 Å². The number of carbonyl (C=O) groups excluding carboxylic acids is 2. The van der Waals surface area contributed by atoms with Crippen LogP contribution in [0.15, 0.2) is 74.4 Å². The molecule has 0 fully saturated rings. The number of aromatic nitrogens is 2. The molecule has 1 atom stereocenters. The van der Waals surface area contributed by atoms with Crippen LogP contribution in [0.2, 0.25) is 0 Å². The fourth-order valence-electron chi connectivity index (χ4n) is 3.43. The molecule has 0 saturated carbocycles. The van der Waals surface area contributed by atoms with Crippen molar-refractivity contribution < 1.29 is 14.3 Å². The van der Waals surface area contributed by atoms with Gasteiger partial charge < -0.3 is 10.1 Å². The number of thiophene rings is 1. The highest BCUT2D eigenvalue weighted by molar-refractivity contribution is 9.10. The Morgan fingerprint density at radius 2 is 1.89 bits per heavy atom. The fourth-order valence-corrected chi connectivity index (χ4v) is 5.56. The number of hydrogen-bond acceptors (Lipinski definition) is 7. The van der Waals surface area contributed by atoms with E-state index in [0.717, 1.165) is 22.9 Å². The van der Waals surface area contributed by atoms with Gasteiger partial charge in [-0.3, -0.25) is 19.8 Å². The number of benzene rings is 2. The second-order valence-electron chi connectivity index (χ2n) is 7.98. The van der Waals surface area contributed by atoms with E-state index in [4.69, 9.17) is 4.74 Å². The van der Waals surface area contributed by atoms with Crippen LogP contribution in [0.3, 0.4) is 0 Å². The van der Waals surface area contributed by atoms with Gasteiger partial charge in [0.2, 0.25) is 5.91 Å². The van der Waals surface area contributed by atoms with Gasteiger partial charge in [0.15, 0.2) is 11.8 Å². The third-order valence-corrected chi connectivity index (χ3v) is 8.29. The zero-order valence-corrected chi connectivity index (χ0v) is 23.4. The van der Waals surface area contributed by atoms with Gasteiger partial charge in [-0.05, 0) is 70.0 Å². The number of anilines is 1. The topological polar surface area (TPSA) is 102 Å². The van der Waals surface area contributed by atoms with E-state index in [1.807, 2.05) is 37.3 Å². The highest BCUT2D eigenvalue weighted by Gasteiger charge is 2.23. The Labute approximate surface area is 230 Å². The van der Waals surface area contributed by atoms with Crippen molar-refractivity contribution in [1.82, 2.24) is 9.66 Å². The molecule has 4 rings (SSSR count). The summed E-state index contributed by atoms with van der Waals surface area (Å²) in [7, 11) is 0. The molecule has 2 amide bonds. The van der Waals surface area contributed by atoms with Gasteiger partial charge in [0, 0.05) is 5.69 Å². The number of para-hydroxylation sites is 1. The summed E-state index contributed by atoms with van der Waals surface area (Å²) in [6.45, 7) is 3.64. The van der Waals surface area contributed by atoms with Crippen molar-refractivity contribution in [3.8, 4) is 5.75 Å². The van der Waals surface area contributed by atoms with Gasteiger partial charge in [0.05, 0.1) is 15.2 Å². The number of aryl methyl sites for hydroxylation is 1. The van der Waals surface area contributed by atoms with E-state index >= 15 is 0 Å². The summed E-state index contributed by atoms with van der Waals surface area (Å²) in [4.78, 5) is 43.6. The van der Waals surface area contributed by atoms with Crippen LogP contribution in [0.4, 0.5) is 5.69 Å². The van der Waals surface area contributed by atoms with E-state index < -0.39 is 16.7 Å². The first-order valence-corrected chi connectivity index (χ1v) is 14.2. The number of amides is 2. The molecule has 11 heteroatoms. The Hall–Kier alpha value is -3.15. The summed E-state index contributed by atoms with van der Waals surface area (Å²) in [6, 6.07) is 16.6. The molecule has 0 unspecified atom stereocenters. The number of thioether (sulfide) groups is 1. The predicted molar refractivity (Wildman–Crippen MR) is 152 cm³/mol. The summed E-state index contributed by atoms with van der Waals surface area (Å²) in [5, 5.41) is 4.36. The molecule has 0 aliphatic carbocycles. The molecule has 0 saturated heterocycles. The maximum Gasteiger partial charge on any atom is 0.291 e. The normalized spacial score (nSPS) is 11.8. The van der Waals surface area contributed by atoms with E-state index in [0.29, 0.717) is 32.5 Å². The summed E-state index contributed by atoms with van der Waals surface area (Å²) >= 11 is 5.74. The minimum absolute atomic E-state index is 0.216. The average molecular weight is 602 g/mol. The van der Waals surface area contributed by atoms with Crippen molar-refractivity contribution in [3.05, 3.63) is 80.4 Å². The monoisotopic (exact) mass is 600 g/mol. The lowest BCUT2D eigenvalue weighted by Crippen LogP contribution is -2.37. The molecule has 2 aromatic carbocycles. The molecule has 2 heterocycles. The van der Waals surface area contributed by atoms with E-state index in [1.165, 1.54) is 16.9 Å². The van der Waals surface area contributed by atoms with Gasteiger partial charge >= 0.3 is 0 Å². The Morgan fingerprint density at radius 1 is 1.14 bits per heavy atom. The number of halogens is 1. The minimum Gasteiger partial charge on any atom is -0.483 e. The first kappa shape index (κ1) is 26.9. The van der Waals surface area contributed by atoms with Gasteiger partial charge in [-0.1, -0.05) is 49.9 Å². The zero-order valence-electron chi connectivity index (χ0n) is 20.2. The number of nitrogens with one attached hydrogen (secondary N) is 2. The number of hydrogen-bond donors (Lipinski definition) is 2. The molecule has 0 spiro atoms. The number of fused-ring (bicyclic) bond motifs is 1. The largest absolute Gasteiger partial charge is 0.483 e. The maximum atomic E-state index is 13.2. The van der Waals surface area contributed by atoms with Gasteiger partial charge in [0.25, 0.3) is 11.5 Å². The molecule has 0 aliphatic rings. The SMILES string of the molecule is CCc1ccc(NC(=O)[C@@H](CC)Sc2nc3ccsc3c(=O)n2NC(=O)COc2ccccc2Br)cc1. The lowest BCUT2D eigenvalue weighted by Gasteiger charge is -2.18. The van der Waals surface area contributed by atoms with Gasteiger partial charge in [0.1, 0.15) is 10.4 Å². The van der Waals surface area contributed by atoms with Gasteiger partial charge in [-0.2, -0.15) is 4.68 Å². The van der Waals surface area contributed by atoms with Crippen LogP contribution in [-0.4, -0.2) is 33.3 Å². The molecule has 0 radical (unpaired) electrons. The van der Waals surface area contributed by atoms with Crippen molar-refractivity contribution in [1.29, 1.82) is 0 Å². The van der Waals surface area contributed by atoms with Gasteiger partial charge in [-0.25, -0.2) is 4.98 Å². The molecule has 37 heavy (non-hydrogen) atoms. The smallest absolute Gasteiger partial charge is 0.291 e. The average Bonchev–Trinajstić information content (AvgIpc) is 3.38. The van der Waals surface area contributed by atoms with Crippen LogP contribution in [0, 0.1) is 0 Å². The molecule has 4 aromatic rings. The Morgan fingerprint density at radius 3 is 2.59 bits per heavy atom. The molecule has 2 N–H and O–H groups in total. The van der Waals surface area contributed by atoms with E-state index in [2.05, 4.69) is 38.6 Å². The zero-order chi connectivity index (χ0) is 26.4.